The van der Waals surface area contributed by atoms with Crippen molar-refractivity contribution < 1.29 is 22.4 Å². The number of aromatic nitrogens is 2. The van der Waals surface area contributed by atoms with Gasteiger partial charge in [0.2, 0.25) is 11.8 Å². The number of nitrogens with one attached hydrogen (secondary N) is 1. The van der Waals surface area contributed by atoms with E-state index in [9.17, 15) is 18.0 Å². The van der Waals surface area contributed by atoms with Gasteiger partial charge < -0.3 is 9.73 Å². The molecule has 26 heavy (non-hydrogen) atoms. The summed E-state index contributed by atoms with van der Waals surface area (Å²) in [7, 11) is 0. The Hall–Kier alpha value is -2.81. The summed E-state index contributed by atoms with van der Waals surface area (Å²) in [5.74, 6) is -0.468. The van der Waals surface area contributed by atoms with Crippen molar-refractivity contribution in [1.29, 1.82) is 0 Å². The monoisotopic (exact) mass is 379 g/mol. The fourth-order valence-corrected chi connectivity index (χ4v) is 2.68. The Morgan fingerprint density at radius 1 is 1.04 bits per heavy atom. The van der Waals surface area contributed by atoms with Crippen molar-refractivity contribution in [3.8, 4) is 11.5 Å². The summed E-state index contributed by atoms with van der Waals surface area (Å²) >= 11 is 0.943. The number of anilines is 1. The van der Waals surface area contributed by atoms with Crippen molar-refractivity contribution in [2.45, 2.75) is 11.4 Å². The largest absolute Gasteiger partial charge is 0.418 e. The molecule has 1 aromatic heterocycles. The third-order valence-electron chi connectivity index (χ3n) is 3.26. The Balaban J connectivity index is 1.61. The second-order valence-corrected chi connectivity index (χ2v) is 6.05. The second kappa shape index (κ2) is 7.61. The van der Waals surface area contributed by atoms with Gasteiger partial charge in [-0.2, -0.15) is 13.2 Å². The minimum atomic E-state index is -4.55. The molecule has 9 heteroatoms. The number of hydrogen-bond donors (Lipinski definition) is 1. The predicted molar refractivity (Wildman–Crippen MR) is 90.5 cm³/mol. The van der Waals surface area contributed by atoms with Crippen molar-refractivity contribution in [2.75, 3.05) is 11.1 Å². The number of amides is 1. The number of benzene rings is 2. The van der Waals surface area contributed by atoms with Gasteiger partial charge in [0.15, 0.2) is 0 Å². The lowest BCUT2D eigenvalue weighted by Crippen LogP contribution is -2.18. The van der Waals surface area contributed by atoms with Crippen LogP contribution in [0.1, 0.15) is 5.56 Å². The number of carbonyl (C=O) groups is 1. The number of rotatable bonds is 5. The van der Waals surface area contributed by atoms with E-state index in [1.54, 1.807) is 12.1 Å². The maximum absolute atomic E-state index is 12.9. The van der Waals surface area contributed by atoms with Crippen molar-refractivity contribution >= 4 is 23.4 Å². The highest BCUT2D eigenvalue weighted by molar-refractivity contribution is 7.99. The van der Waals surface area contributed by atoms with Crippen LogP contribution < -0.4 is 5.32 Å². The number of hydrogen-bond acceptors (Lipinski definition) is 5. The first-order valence-corrected chi connectivity index (χ1v) is 8.40. The average molecular weight is 379 g/mol. The molecule has 0 aliphatic heterocycles. The standard InChI is InChI=1S/C17H12F3N3O2S/c18-17(19,20)12-8-4-5-9-13(12)21-14(24)10-26-16-23-22-15(25-16)11-6-2-1-3-7-11/h1-9H,10H2,(H,21,24). The van der Waals surface area contributed by atoms with E-state index < -0.39 is 17.6 Å². The molecule has 1 amide bonds. The Kier molecular flexibility index (Phi) is 5.27. The van der Waals surface area contributed by atoms with Gasteiger partial charge in [0.25, 0.3) is 5.22 Å². The molecular weight excluding hydrogens is 367 g/mol. The third-order valence-corrected chi connectivity index (χ3v) is 4.08. The van der Waals surface area contributed by atoms with Crippen LogP contribution in [-0.2, 0) is 11.0 Å². The average Bonchev–Trinajstić information content (AvgIpc) is 3.09. The van der Waals surface area contributed by atoms with Gasteiger partial charge in [-0.1, -0.05) is 42.1 Å². The number of para-hydroxylation sites is 1. The number of halogens is 3. The van der Waals surface area contributed by atoms with E-state index in [0.717, 1.165) is 23.4 Å². The lowest BCUT2D eigenvalue weighted by atomic mass is 10.1. The van der Waals surface area contributed by atoms with Crippen LogP contribution in [0, 0.1) is 0 Å². The van der Waals surface area contributed by atoms with E-state index in [-0.39, 0.29) is 16.7 Å². The fraction of sp³-hybridized carbons (Fsp3) is 0.118. The molecule has 1 heterocycles. The van der Waals surface area contributed by atoms with Gasteiger partial charge in [-0.15, -0.1) is 10.2 Å². The summed E-state index contributed by atoms with van der Waals surface area (Å²) < 4.78 is 44.2. The lowest BCUT2D eigenvalue weighted by Gasteiger charge is -2.13. The van der Waals surface area contributed by atoms with E-state index in [2.05, 4.69) is 15.5 Å². The maximum atomic E-state index is 12.9. The molecule has 0 saturated heterocycles. The summed E-state index contributed by atoms with van der Waals surface area (Å²) in [5, 5.41) is 10.1. The maximum Gasteiger partial charge on any atom is 0.418 e. The van der Waals surface area contributed by atoms with E-state index in [1.807, 2.05) is 18.2 Å². The molecular formula is C17H12F3N3O2S. The Bertz CT molecular complexity index is 898. The van der Waals surface area contributed by atoms with Crippen LogP contribution in [0.25, 0.3) is 11.5 Å². The zero-order valence-corrected chi connectivity index (χ0v) is 14.0. The predicted octanol–water partition coefficient (Wildman–Crippen LogP) is 4.49. The number of alkyl halides is 3. The van der Waals surface area contributed by atoms with Gasteiger partial charge in [0.05, 0.1) is 17.0 Å². The zero-order chi connectivity index (χ0) is 18.6. The Morgan fingerprint density at radius 3 is 2.46 bits per heavy atom. The second-order valence-electron chi connectivity index (χ2n) is 5.12. The summed E-state index contributed by atoms with van der Waals surface area (Å²) in [6.45, 7) is 0. The lowest BCUT2D eigenvalue weighted by molar-refractivity contribution is -0.137. The number of nitrogens with zero attached hydrogens (tertiary/aromatic N) is 2. The van der Waals surface area contributed by atoms with Crippen LogP contribution in [0.2, 0.25) is 0 Å². The van der Waals surface area contributed by atoms with Crippen molar-refractivity contribution in [1.82, 2.24) is 10.2 Å². The van der Waals surface area contributed by atoms with E-state index in [4.69, 9.17) is 4.42 Å². The van der Waals surface area contributed by atoms with Crippen LogP contribution >= 0.6 is 11.8 Å². The molecule has 2 aromatic carbocycles. The normalized spacial score (nSPS) is 11.3. The van der Waals surface area contributed by atoms with Gasteiger partial charge >= 0.3 is 6.18 Å². The minimum Gasteiger partial charge on any atom is -0.411 e. The van der Waals surface area contributed by atoms with Gasteiger partial charge in [-0.05, 0) is 24.3 Å². The molecule has 0 spiro atoms. The van der Waals surface area contributed by atoms with Gasteiger partial charge in [-0.3, -0.25) is 4.79 Å². The van der Waals surface area contributed by atoms with E-state index >= 15 is 0 Å². The molecule has 1 N–H and O–H groups in total. The summed E-state index contributed by atoms with van der Waals surface area (Å²) in [6.07, 6.45) is -4.55. The summed E-state index contributed by atoms with van der Waals surface area (Å²) in [5.41, 5.74) is -0.459. The van der Waals surface area contributed by atoms with Crippen LogP contribution in [-0.4, -0.2) is 21.9 Å². The molecule has 0 radical (unpaired) electrons. The topological polar surface area (TPSA) is 68.0 Å². The van der Waals surface area contributed by atoms with Crippen molar-refractivity contribution in [3.63, 3.8) is 0 Å². The van der Waals surface area contributed by atoms with Gasteiger partial charge in [-0.25, -0.2) is 0 Å². The smallest absolute Gasteiger partial charge is 0.411 e. The number of carbonyl (C=O) groups excluding carboxylic acids is 1. The molecule has 0 saturated carbocycles. The molecule has 3 rings (SSSR count). The molecule has 3 aromatic rings. The zero-order valence-electron chi connectivity index (χ0n) is 13.2. The van der Waals surface area contributed by atoms with Crippen molar-refractivity contribution in [2.24, 2.45) is 0 Å². The highest BCUT2D eigenvalue weighted by Gasteiger charge is 2.33. The first-order valence-electron chi connectivity index (χ1n) is 7.41. The molecule has 134 valence electrons. The quantitative estimate of drug-likeness (QED) is 0.662. The SMILES string of the molecule is O=C(CSc1nnc(-c2ccccc2)o1)Nc1ccccc1C(F)(F)F. The Morgan fingerprint density at radius 2 is 1.73 bits per heavy atom. The van der Waals surface area contributed by atoms with Crippen LogP contribution in [0.4, 0.5) is 18.9 Å². The first kappa shape index (κ1) is 18.0. The highest BCUT2D eigenvalue weighted by Crippen LogP contribution is 2.34. The molecule has 0 atom stereocenters. The summed E-state index contributed by atoms with van der Waals surface area (Å²) in [4.78, 5) is 12.0. The Labute approximate surface area is 150 Å². The highest BCUT2D eigenvalue weighted by atomic mass is 32.2. The molecule has 0 bridgehead atoms. The van der Waals surface area contributed by atoms with Crippen LogP contribution in [0.15, 0.2) is 64.2 Å². The third kappa shape index (κ3) is 4.42. The molecule has 0 unspecified atom stereocenters. The molecule has 0 aliphatic rings. The fourth-order valence-electron chi connectivity index (χ4n) is 2.12. The molecule has 5 nitrogen and oxygen atoms in total. The minimum absolute atomic E-state index is 0.156. The number of thioether (sulfide) groups is 1. The van der Waals surface area contributed by atoms with Crippen LogP contribution in [0.5, 0.6) is 0 Å². The molecule has 0 aliphatic carbocycles. The van der Waals surface area contributed by atoms with E-state index in [1.165, 1.54) is 18.2 Å². The van der Waals surface area contributed by atoms with Crippen LogP contribution in [0.3, 0.4) is 0 Å². The van der Waals surface area contributed by atoms with Gasteiger partial charge in [0.1, 0.15) is 0 Å². The van der Waals surface area contributed by atoms with Gasteiger partial charge in [0, 0.05) is 5.56 Å². The summed E-state index contributed by atoms with van der Waals surface area (Å²) in [6, 6.07) is 13.9. The first-order chi connectivity index (χ1) is 12.4. The van der Waals surface area contributed by atoms with Crippen molar-refractivity contribution in [3.05, 3.63) is 60.2 Å². The molecule has 0 fully saturated rings. The van der Waals surface area contributed by atoms with E-state index in [0.29, 0.717) is 5.89 Å².